The fourth-order valence-electron chi connectivity index (χ4n) is 4.12. The molecule has 1 N–H and O–H groups in total. The third-order valence-corrected chi connectivity index (χ3v) is 7.19. The number of carbonyl (C=O) groups is 1. The Morgan fingerprint density at radius 3 is 2.07 bits per heavy atom. The van der Waals surface area contributed by atoms with Crippen LogP contribution in [0.25, 0.3) is 0 Å². The van der Waals surface area contributed by atoms with Gasteiger partial charge in [0.15, 0.2) is 5.37 Å². The van der Waals surface area contributed by atoms with E-state index in [0.29, 0.717) is 25.3 Å². The van der Waals surface area contributed by atoms with Gasteiger partial charge in [-0.25, -0.2) is 0 Å². The maximum atomic E-state index is 12.6. The molecule has 6 heteroatoms. The molecule has 2 aromatic rings. The summed E-state index contributed by atoms with van der Waals surface area (Å²) in [5.74, 6) is 0.769. The quantitative estimate of drug-likeness (QED) is 0.784. The molecule has 0 saturated carbocycles. The lowest BCUT2D eigenvalue weighted by molar-refractivity contribution is -0.133. The minimum Gasteiger partial charge on any atom is -0.615 e. The van der Waals surface area contributed by atoms with Gasteiger partial charge in [-0.2, -0.15) is 0 Å². The second-order valence-corrected chi connectivity index (χ2v) is 9.11. The Hall–Kier alpha value is -1.86. The van der Waals surface area contributed by atoms with Crippen LogP contribution in [0.2, 0.25) is 0 Å². The molecule has 0 aliphatic carbocycles. The Balaban J connectivity index is 1.42. The molecule has 2 saturated heterocycles. The standard InChI is InChI=1S/C22H27N3O2S/c26-21(17-20-23-11-16-28(20)27)24-12-14-25(15-13-24)22(18-7-3-1-4-8-18)19-9-5-2-6-10-19/h1-10,20,22-23H,11-17H2. The molecular formula is C22H27N3O2S. The molecule has 2 atom stereocenters. The van der Waals surface area contributed by atoms with E-state index < -0.39 is 11.2 Å². The van der Waals surface area contributed by atoms with Gasteiger partial charge in [0.25, 0.3) is 0 Å². The first kappa shape index (κ1) is 19.5. The van der Waals surface area contributed by atoms with Crippen molar-refractivity contribution in [3.05, 3.63) is 71.8 Å². The topological polar surface area (TPSA) is 58.6 Å². The Labute approximate surface area is 169 Å². The minimum atomic E-state index is -0.919. The monoisotopic (exact) mass is 397 g/mol. The van der Waals surface area contributed by atoms with Crippen LogP contribution in [0.4, 0.5) is 0 Å². The predicted molar refractivity (Wildman–Crippen MR) is 112 cm³/mol. The number of amides is 1. The molecule has 0 bridgehead atoms. The predicted octanol–water partition coefficient (Wildman–Crippen LogP) is 1.99. The molecule has 5 nitrogen and oxygen atoms in total. The van der Waals surface area contributed by atoms with Crippen molar-refractivity contribution in [1.29, 1.82) is 0 Å². The van der Waals surface area contributed by atoms with Crippen molar-refractivity contribution in [2.75, 3.05) is 38.5 Å². The van der Waals surface area contributed by atoms with E-state index >= 15 is 0 Å². The van der Waals surface area contributed by atoms with Crippen molar-refractivity contribution in [2.24, 2.45) is 0 Å². The summed E-state index contributed by atoms with van der Waals surface area (Å²) in [6.45, 7) is 3.85. The number of nitrogens with one attached hydrogen (secondary N) is 1. The van der Waals surface area contributed by atoms with Crippen molar-refractivity contribution in [2.45, 2.75) is 17.8 Å². The molecule has 2 unspecified atom stereocenters. The Morgan fingerprint density at radius 1 is 1.00 bits per heavy atom. The van der Waals surface area contributed by atoms with Gasteiger partial charge in [0.2, 0.25) is 5.91 Å². The van der Waals surface area contributed by atoms with Gasteiger partial charge in [-0.05, 0) is 22.3 Å². The molecule has 2 aliphatic heterocycles. The zero-order valence-corrected chi connectivity index (χ0v) is 16.8. The molecule has 0 spiro atoms. The van der Waals surface area contributed by atoms with Gasteiger partial charge in [-0.3, -0.25) is 15.0 Å². The first-order valence-corrected chi connectivity index (χ1v) is 11.3. The fourth-order valence-corrected chi connectivity index (χ4v) is 5.36. The molecule has 4 rings (SSSR count). The van der Waals surface area contributed by atoms with Crippen LogP contribution in [-0.4, -0.2) is 64.1 Å². The number of carbonyl (C=O) groups excluding carboxylic acids is 1. The van der Waals surface area contributed by atoms with Crippen molar-refractivity contribution in [1.82, 2.24) is 15.1 Å². The first-order valence-electron chi connectivity index (χ1n) is 9.94. The summed E-state index contributed by atoms with van der Waals surface area (Å²) in [7, 11) is 0. The molecule has 0 aromatic heterocycles. The zero-order chi connectivity index (χ0) is 19.3. The average Bonchev–Trinajstić information content (AvgIpc) is 3.15. The van der Waals surface area contributed by atoms with Crippen LogP contribution in [0.1, 0.15) is 23.6 Å². The van der Waals surface area contributed by atoms with Gasteiger partial charge in [-0.1, -0.05) is 60.7 Å². The number of piperazine rings is 1. The highest BCUT2D eigenvalue weighted by molar-refractivity contribution is 7.92. The summed E-state index contributed by atoms with van der Waals surface area (Å²) in [4.78, 5) is 17.0. The number of rotatable bonds is 5. The SMILES string of the molecule is O=C(CC1NCC[S+]1[O-])N1CCN(C(c2ccccc2)c2ccccc2)CC1. The number of hydrogen-bond acceptors (Lipinski definition) is 4. The summed E-state index contributed by atoms with van der Waals surface area (Å²) >= 11 is -0.919. The van der Waals surface area contributed by atoms with E-state index in [0.717, 1.165) is 19.6 Å². The lowest BCUT2D eigenvalue weighted by Crippen LogP contribution is -2.51. The fraction of sp³-hybridized carbons (Fsp3) is 0.409. The first-order chi connectivity index (χ1) is 13.7. The van der Waals surface area contributed by atoms with Crippen LogP contribution in [-0.2, 0) is 16.0 Å². The van der Waals surface area contributed by atoms with Gasteiger partial charge in [0.1, 0.15) is 5.75 Å². The van der Waals surface area contributed by atoms with E-state index in [-0.39, 0.29) is 17.3 Å². The van der Waals surface area contributed by atoms with Crippen LogP contribution in [0.5, 0.6) is 0 Å². The Bertz CT molecular complexity index is 726. The minimum absolute atomic E-state index is 0.114. The summed E-state index contributed by atoms with van der Waals surface area (Å²) in [6, 6.07) is 21.3. The van der Waals surface area contributed by atoms with Crippen LogP contribution in [0.3, 0.4) is 0 Å². The molecule has 2 aliphatic rings. The van der Waals surface area contributed by atoms with Crippen LogP contribution in [0.15, 0.2) is 60.7 Å². The smallest absolute Gasteiger partial charge is 0.229 e. The van der Waals surface area contributed by atoms with Crippen molar-refractivity contribution in [3.8, 4) is 0 Å². The van der Waals surface area contributed by atoms with Gasteiger partial charge in [-0.15, -0.1) is 0 Å². The van der Waals surface area contributed by atoms with Crippen molar-refractivity contribution < 1.29 is 9.35 Å². The summed E-state index contributed by atoms with van der Waals surface area (Å²) in [5.41, 5.74) is 2.55. The van der Waals surface area contributed by atoms with Gasteiger partial charge >= 0.3 is 0 Å². The van der Waals surface area contributed by atoms with E-state index in [1.807, 2.05) is 17.0 Å². The number of hydrogen-bond donors (Lipinski definition) is 1. The maximum absolute atomic E-state index is 12.6. The lowest BCUT2D eigenvalue weighted by Gasteiger charge is -2.40. The molecule has 0 radical (unpaired) electrons. The van der Waals surface area contributed by atoms with E-state index in [1.165, 1.54) is 11.1 Å². The second-order valence-electron chi connectivity index (χ2n) is 7.37. The number of benzene rings is 2. The summed E-state index contributed by atoms with van der Waals surface area (Å²) < 4.78 is 11.9. The molecule has 2 heterocycles. The lowest BCUT2D eigenvalue weighted by atomic mass is 9.96. The highest BCUT2D eigenvalue weighted by Crippen LogP contribution is 2.29. The average molecular weight is 398 g/mol. The van der Waals surface area contributed by atoms with Gasteiger partial charge in [0.05, 0.1) is 12.5 Å². The van der Waals surface area contributed by atoms with Crippen LogP contribution >= 0.6 is 0 Å². The van der Waals surface area contributed by atoms with Gasteiger partial charge in [0, 0.05) is 32.7 Å². The van der Waals surface area contributed by atoms with Crippen LogP contribution < -0.4 is 5.32 Å². The third-order valence-electron chi connectivity index (χ3n) is 5.62. The second kappa shape index (κ2) is 9.09. The molecule has 2 fully saturated rings. The van der Waals surface area contributed by atoms with Crippen molar-refractivity contribution in [3.63, 3.8) is 0 Å². The molecule has 1 amide bonds. The summed E-state index contributed by atoms with van der Waals surface area (Å²) in [5, 5.41) is 3.01. The van der Waals surface area contributed by atoms with E-state index in [9.17, 15) is 9.35 Å². The largest absolute Gasteiger partial charge is 0.615 e. The van der Waals surface area contributed by atoms with E-state index in [2.05, 4.69) is 58.7 Å². The Kier molecular flexibility index (Phi) is 6.32. The summed E-state index contributed by atoms with van der Waals surface area (Å²) in [6.07, 6.45) is 0.341. The van der Waals surface area contributed by atoms with Crippen molar-refractivity contribution >= 4 is 17.1 Å². The Morgan fingerprint density at radius 2 is 1.57 bits per heavy atom. The normalized spacial score (nSPS) is 23.3. The zero-order valence-electron chi connectivity index (χ0n) is 16.0. The maximum Gasteiger partial charge on any atom is 0.229 e. The van der Waals surface area contributed by atoms with Gasteiger partial charge < -0.3 is 9.45 Å². The van der Waals surface area contributed by atoms with E-state index in [1.54, 1.807) is 0 Å². The highest BCUT2D eigenvalue weighted by Gasteiger charge is 2.34. The molecule has 2 aromatic carbocycles. The molecule has 28 heavy (non-hydrogen) atoms. The molecular weight excluding hydrogens is 370 g/mol. The third kappa shape index (κ3) is 4.41. The number of nitrogens with zero attached hydrogens (tertiary/aromatic N) is 2. The van der Waals surface area contributed by atoms with E-state index in [4.69, 9.17) is 0 Å². The molecule has 148 valence electrons. The van der Waals surface area contributed by atoms with Crippen LogP contribution in [0, 0.1) is 0 Å². The highest BCUT2D eigenvalue weighted by atomic mass is 32.2.